The number of hydrogen-bond donors (Lipinski definition) is 1. The zero-order valence-corrected chi connectivity index (χ0v) is 11.5. The molecule has 1 heterocycles. The number of aryl methyl sites for hydroxylation is 1. The predicted molar refractivity (Wildman–Crippen MR) is 67.5 cm³/mol. The summed E-state index contributed by atoms with van der Waals surface area (Å²) in [6, 6.07) is 3.89. The van der Waals surface area contributed by atoms with Gasteiger partial charge in [-0.15, -0.1) is 4.72 Å². The van der Waals surface area contributed by atoms with E-state index >= 15 is 0 Å². The highest BCUT2D eigenvalue weighted by Crippen LogP contribution is 2.23. The molecule has 0 amide bonds. The summed E-state index contributed by atoms with van der Waals surface area (Å²) in [5.41, 5.74) is 0. The number of nitrogens with one attached hydrogen (secondary N) is 1. The second-order valence-electron chi connectivity index (χ2n) is 4.91. The molecule has 0 saturated heterocycles. The first-order chi connectivity index (χ1) is 7.34. The molecule has 3 nitrogen and oxygen atoms in total. The summed E-state index contributed by atoms with van der Waals surface area (Å²) in [7, 11) is 0. The fourth-order valence-corrected chi connectivity index (χ4v) is 2.18. The first-order valence-corrected chi connectivity index (χ1v) is 6.74. The van der Waals surface area contributed by atoms with Gasteiger partial charge in [-0.1, -0.05) is 6.92 Å². The molecule has 1 aromatic rings. The van der Waals surface area contributed by atoms with Crippen molar-refractivity contribution in [2.75, 3.05) is 0 Å². The lowest BCUT2D eigenvalue weighted by Gasteiger charge is -2.26. The normalized spacial score (nSPS) is 16.1. The van der Waals surface area contributed by atoms with Crippen molar-refractivity contribution in [3.63, 3.8) is 0 Å². The molecule has 0 radical (unpaired) electrons. The van der Waals surface area contributed by atoms with E-state index in [1.165, 1.54) is 0 Å². The van der Waals surface area contributed by atoms with Crippen molar-refractivity contribution in [3.05, 3.63) is 23.7 Å². The molecule has 1 aromatic heterocycles. The zero-order valence-electron chi connectivity index (χ0n) is 10.7. The molecular formula is C12H21NO2S. The van der Waals surface area contributed by atoms with Crippen molar-refractivity contribution in [3.8, 4) is 0 Å². The summed E-state index contributed by atoms with van der Waals surface area (Å²) in [6.07, 6.45) is 0.856. The molecule has 0 saturated carbocycles. The molecular weight excluding hydrogens is 222 g/mol. The summed E-state index contributed by atoms with van der Waals surface area (Å²) < 4.78 is 20.4. The van der Waals surface area contributed by atoms with E-state index in [-0.39, 0.29) is 10.8 Å². The lowest BCUT2D eigenvalue weighted by molar-refractivity contribution is 0.418. The monoisotopic (exact) mass is 243 g/mol. The SMILES string of the molecule is CC[C@@H](N[S@+]([O-])C(C)(C)C)c1ccc(C)o1. The quantitative estimate of drug-likeness (QED) is 0.827. The average Bonchev–Trinajstić information content (AvgIpc) is 2.59. The van der Waals surface area contributed by atoms with Gasteiger partial charge in [0, 0.05) is 11.4 Å². The minimum Gasteiger partial charge on any atom is -0.598 e. The highest BCUT2D eigenvalue weighted by atomic mass is 32.2. The molecule has 0 bridgehead atoms. The minimum absolute atomic E-state index is 0.0220. The van der Waals surface area contributed by atoms with Gasteiger partial charge in [-0.2, -0.15) is 0 Å². The third-order valence-corrected chi connectivity index (χ3v) is 3.93. The van der Waals surface area contributed by atoms with Crippen molar-refractivity contribution in [1.82, 2.24) is 4.72 Å². The van der Waals surface area contributed by atoms with Gasteiger partial charge in [0.2, 0.25) is 0 Å². The number of rotatable bonds is 4. The van der Waals surface area contributed by atoms with Crippen molar-refractivity contribution < 1.29 is 8.97 Å². The Labute approximate surface area is 101 Å². The standard InChI is InChI=1S/C12H21NO2S/c1-6-10(11-8-7-9(2)15-11)13-16(14)12(3,4)5/h7-8,10,13H,6H2,1-5H3/t10-,16-/m1/s1. The fraction of sp³-hybridized carbons (Fsp3) is 0.667. The molecule has 4 heteroatoms. The van der Waals surface area contributed by atoms with Crippen molar-refractivity contribution in [2.45, 2.75) is 51.8 Å². The van der Waals surface area contributed by atoms with E-state index < -0.39 is 11.4 Å². The Balaban J connectivity index is 2.70. The van der Waals surface area contributed by atoms with Crippen molar-refractivity contribution in [1.29, 1.82) is 0 Å². The molecule has 0 spiro atoms. The van der Waals surface area contributed by atoms with E-state index in [4.69, 9.17) is 4.42 Å². The van der Waals surface area contributed by atoms with Gasteiger partial charge in [-0.3, -0.25) is 0 Å². The Morgan fingerprint density at radius 1 is 1.44 bits per heavy atom. The van der Waals surface area contributed by atoms with Gasteiger partial charge in [-0.05, 0) is 46.2 Å². The molecule has 0 fully saturated rings. The maximum atomic E-state index is 12.0. The lowest BCUT2D eigenvalue weighted by Crippen LogP contribution is -2.41. The molecule has 1 rings (SSSR count). The lowest BCUT2D eigenvalue weighted by atomic mass is 10.2. The fourth-order valence-electron chi connectivity index (χ4n) is 1.29. The predicted octanol–water partition coefficient (Wildman–Crippen LogP) is 3.09. The first-order valence-electron chi connectivity index (χ1n) is 5.59. The Morgan fingerprint density at radius 3 is 2.44 bits per heavy atom. The van der Waals surface area contributed by atoms with E-state index in [0.717, 1.165) is 17.9 Å². The molecule has 0 aromatic carbocycles. The van der Waals surface area contributed by atoms with E-state index in [1.54, 1.807) is 0 Å². The van der Waals surface area contributed by atoms with Gasteiger partial charge in [0.25, 0.3) is 0 Å². The van der Waals surface area contributed by atoms with Gasteiger partial charge in [0.05, 0.1) is 0 Å². The largest absolute Gasteiger partial charge is 0.598 e. The molecule has 92 valence electrons. The van der Waals surface area contributed by atoms with Crippen LogP contribution in [0.4, 0.5) is 0 Å². The molecule has 1 N–H and O–H groups in total. The van der Waals surface area contributed by atoms with Gasteiger partial charge in [0.15, 0.2) is 0 Å². The van der Waals surface area contributed by atoms with E-state index in [2.05, 4.69) is 11.6 Å². The molecule has 16 heavy (non-hydrogen) atoms. The Morgan fingerprint density at radius 2 is 2.06 bits per heavy atom. The van der Waals surface area contributed by atoms with Crippen LogP contribution in [-0.2, 0) is 11.4 Å². The van der Waals surface area contributed by atoms with Gasteiger partial charge in [0.1, 0.15) is 22.3 Å². The second kappa shape index (κ2) is 5.25. The Bertz CT molecular complexity index is 330. The number of furan rings is 1. The van der Waals surface area contributed by atoms with Crippen LogP contribution in [-0.4, -0.2) is 9.30 Å². The third kappa shape index (κ3) is 3.54. The van der Waals surface area contributed by atoms with Crippen LogP contribution >= 0.6 is 0 Å². The smallest absolute Gasteiger partial charge is 0.136 e. The van der Waals surface area contributed by atoms with Crippen LogP contribution in [0.25, 0.3) is 0 Å². The Hall–Kier alpha value is -0.450. The maximum absolute atomic E-state index is 12.0. The van der Waals surface area contributed by atoms with E-state index in [0.29, 0.717) is 0 Å². The van der Waals surface area contributed by atoms with Crippen LogP contribution in [0, 0.1) is 6.92 Å². The van der Waals surface area contributed by atoms with Crippen LogP contribution in [0.5, 0.6) is 0 Å². The summed E-state index contributed by atoms with van der Waals surface area (Å²) in [6.45, 7) is 9.83. The maximum Gasteiger partial charge on any atom is 0.136 e. The van der Waals surface area contributed by atoms with Crippen LogP contribution in [0.3, 0.4) is 0 Å². The molecule has 0 aliphatic carbocycles. The van der Waals surface area contributed by atoms with Crippen LogP contribution in [0.1, 0.15) is 51.7 Å². The van der Waals surface area contributed by atoms with Crippen molar-refractivity contribution >= 4 is 11.4 Å². The highest BCUT2D eigenvalue weighted by molar-refractivity contribution is 7.90. The highest BCUT2D eigenvalue weighted by Gasteiger charge is 2.30. The average molecular weight is 243 g/mol. The molecule has 2 atom stereocenters. The molecule has 0 aliphatic rings. The summed E-state index contributed by atoms with van der Waals surface area (Å²) in [4.78, 5) is 0. The van der Waals surface area contributed by atoms with Crippen LogP contribution in [0.15, 0.2) is 16.5 Å². The van der Waals surface area contributed by atoms with Gasteiger partial charge < -0.3 is 8.97 Å². The topological polar surface area (TPSA) is 48.2 Å². The minimum atomic E-state index is -1.07. The van der Waals surface area contributed by atoms with Gasteiger partial charge in [-0.25, -0.2) is 0 Å². The van der Waals surface area contributed by atoms with E-state index in [1.807, 2.05) is 39.8 Å². The Kier molecular flexibility index (Phi) is 4.47. The van der Waals surface area contributed by atoms with Gasteiger partial charge >= 0.3 is 0 Å². The number of hydrogen-bond acceptors (Lipinski definition) is 3. The zero-order chi connectivity index (χ0) is 12.3. The second-order valence-corrected chi connectivity index (χ2v) is 6.91. The third-order valence-electron chi connectivity index (χ3n) is 2.32. The first kappa shape index (κ1) is 13.6. The van der Waals surface area contributed by atoms with E-state index in [9.17, 15) is 4.55 Å². The van der Waals surface area contributed by atoms with Crippen molar-refractivity contribution in [2.24, 2.45) is 0 Å². The summed E-state index contributed by atoms with van der Waals surface area (Å²) >= 11 is -1.07. The van der Waals surface area contributed by atoms with Crippen LogP contribution < -0.4 is 4.72 Å². The summed E-state index contributed by atoms with van der Waals surface area (Å²) in [5, 5.41) is 0. The summed E-state index contributed by atoms with van der Waals surface area (Å²) in [5.74, 6) is 1.74. The molecule has 0 aliphatic heterocycles. The molecule has 0 unspecified atom stereocenters. The van der Waals surface area contributed by atoms with Crippen LogP contribution in [0.2, 0.25) is 0 Å².